The number of aliphatic hydroxyl groups excluding tert-OH is 1. The molecular formula is C41H64N4O8. The normalized spacial score (nSPS) is 28.3. The number of aliphatic hydroxyl groups is 1. The van der Waals surface area contributed by atoms with E-state index in [1.165, 1.54) is 23.8 Å². The Bertz CT molecular complexity index is 1440. The van der Waals surface area contributed by atoms with Crippen LogP contribution in [0.3, 0.4) is 0 Å². The van der Waals surface area contributed by atoms with Crippen LogP contribution in [0.25, 0.3) is 0 Å². The molecule has 0 bridgehead atoms. The molecule has 0 saturated heterocycles. The van der Waals surface area contributed by atoms with E-state index in [1.807, 2.05) is 91.0 Å². The number of nitrogens with one attached hydrogen (secondary N) is 2. The highest BCUT2D eigenvalue weighted by Crippen LogP contribution is 2.24. The molecule has 1 aromatic carbocycles. The first kappa shape index (κ1) is 45.1. The SMILES string of the molecule is C/C=C(\C)C1OC(=O)[C@@H](C)NC(=O)[C@H](CC(C)C)NC(=O)CN(C)C(=O)[C@H](Cc2ccccc2)N(C)C(=O)[C@@H](CC(C)C)OC/C(C)=C/C[C@H](O)[C@@H]1C. The monoisotopic (exact) mass is 740 g/mol. The van der Waals surface area contributed by atoms with E-state index in [2.05, 4.69) is 10.6 Å². The summed E-state index contributed by atoms with van der Waals surface area (Å²) in [5.74, 6) is -3.03. The number of hydrogen-bond acceptors (Lipinski definition) is 8. The maximum Gasteiger partial charge on any atom is 0.328 e. The van der Waals surface area contributed by atoms with Crippen LogP contribution in [0.1, 0.15) is 87.1 Å². The number of benzene rings is 1. The van der Waals surface area contributed by atoms with Crippen molar-refractivity contribution in [2.24, 2.45) is 17.8 Å². The van der Waals surface area contributed by atoms with Gasteiger partial charge in [0.15, 0.2) is 0 Å². The molecule has 12 nitrogen and oxygen atoms in total. The number of rotatable bonds is 7. The first-order chi connectivity index (χ1) is 24.9. The zero-order valence-electron chi connectivity index (χ0n) is 33.7. The second kappa shape index (κ2) is 21.6. The van der Waals surface area contributed by atoms with E-state index in [9.17, 15) is 29.1 Å². The minimum Gasteiger partial charge on any atom is -0.456 e. The summed E-state index contributed by atoms with van der Waals surface area (Å²) in [7, 11) is 3.07. The maximum absolute atomic E-state index is 14.1. The van der Waals surface area contributed by atoms with Crippen molar-refractivity contribution in [3.8, 4) is 0 Å². The van der Waals surface area contributed by atoms with Gasteiger partial charge in [0.05, 0.1) is 19.3 Å². The lowest BCUT2D eigenvalue weighted by molar-refractivity contribution is -0.154. The second-order valence-corrected chi connectivity index (χ2v) is 15.4. The van der Waals surface area contributed by atoms with Gasteiger partial charge in [-0.1, -0.05) is 82.7 Å². The molecule has 0 saturated carbocycles. The molecule has 0 fully saturated rings. The quantitative estimate of drug-likeness (QED) is 0.278. The molecule has 2 rings (SSSR count). The lowest BCUT2D eigenvalue weighted by atomic mass is 9.90. The molecule has 1 unspecified atom stereocenters. The van der Waals surface area contributed by atoms with Crippen LogP contribution in [0.15, 0.2) is 53.6 Å². The zero-order valence-corrected chi connectivity index (χ0v) is 33.7. The topological polar surface area (TPSA) is 155 Å². The van der Waals surface area contributed by atoms with Crippen LogP contribution >= 0.6 is 0 Å². The highest BCUT2D eigenvalue weighted by atomic mass is 16.5. The summed E-state index contributed by atoms with van der Waals surface area (Å²) < 4.78 is 12.1. The summed E-state index contributed by atoms with van der Waals surface area (Å²) >= 11 is 0. The van der Waals surface area contributed by atoms with Crippen molar-refractivity contribution in [3.63, 3.8) is 0 Å². The first-order valence-corrected chi connectivity index (χ1v) is 18.8. The Hall–Kier alpha value is -4.03. The molecule has 1 aliphatic rings. The summed E-state index contributed by atoms with van der Waals surface area (Å²) in [6.07, 6.45) is 2.29. The number of hydrogen-bond donors (Lipinski definition) is 3. The van der Waals surface area contributed by atoms with E-state index in [0.29, 0.717) is 6.42 Å². The summed E-state index contributed by atoms with van der Waals surface area (Å²) in [5.41, 5.74) is 2.37. The number of ether oxygens (including phenoxy) is 2. The van der Waals surface area contributed by atoms with E-state index >= 15 is 0 Å². The van der Waals surface area contributed by atoms with Crippen LogP contribution in [0.2, 0.25) is 0 Å². The van der Waals surface area contributed by atoms with Crippen molar-refractivity contribution in [2.45, 2.75) is 124 Å². The molecule has 1 aromatic rings. The van der Waals surface area contributed by atoms with Crippen LogP contribution in [0, 0.1) is 17.8 Å². The van der Waals surface area contributed by atoms with Crippen LogP contribution in [0.4, 0.5) is 0 Å². The molecular weight excluding hydrogens is 676 g/mol. The smallest absolute Gasteiger partial charge is 0.328 e. The van der Waals surface area contributed by atoms with E-state index in [-0.39, 0.29) is 50.2 Å². The van der Waals surface area contributed by atoms with E-state index in [1.54, 1.807) is 14.0 Å². The second-order valence-electron chi connectivity index (χ2n) is 15.4. The molecule has 0 aliphatic carbocycles. The number of allylic oxidation sites excluding steroid dienone is 1. The number of amides is 4. The zero-order chi connectivity index (χ0) is 40.0. The number of esters is 1. The van der Waals surface area contributed by atoms with Gasteiger partial charge in [-0.3, -0.25) is 19.2 Å². The van der Waals surface area contributed by atoms with Crippen molar-refractivity contribution >= 4 is 29.6 Å². The molecule has 0 spiro atoms. The lowest BCUT2D eigenvalue weighted by Crippen LogP contribution is -2.56. The average Bonchev–Trinajstić information content (AvgIpc) is 3.11. The van der Waals surface area contributed by atoms with Crippen molar-refractivity contribution in [3.05, 3.63) is 59.2 Å². The van der Waals surface area contributed by atoms with Gasteiger partial charge in [-0.15, -0.1) is 0 Å². The fourth-order valence-electron chi connectivity index (χ4n) is 6.18. The van der Waals surface area contributed by atoms with Crippen molar-refractivity contribution < 1.29 is 38.6 Å². The standard InChI is InChI=1S/C41H64N4O8/c1-12-28(7)37-29(8)34(46)19-18-27(6)24-52-35(21-26(4)5)40(50)45(11)33(22-31-16-14-13-15-17-31)39(49)44(10)23-36(47)43-32(20-25(2)3)38(48)42-30(9)41(51)53-37/h12-18,25-26,29-30,32-35,37,46H,19-24H2,1-11H3,(H,42,48)(H,43,47)/b27-18+,28-12+/t29-,30+,32-,33-,34-,35+,37?/m0/s1. The highest BCUT2D eigenvalue weighted by Gasteiger charge is 2.36. The number of cyclic esters (lactones) is 1. The molecule has 296 valence electrons. The Labute approximate surface area is 316 Å². The summed E-state index contributed by atoms with van der Waals surface area (Å²) in [4.78, 5) is 71.2. The van der Waals surface area contributed by atoms with Gasteiger partial charge in [-0.25, -0.2) is 4.79 Å². The largest absolute Gasteiger partial charge is 0.456 e. The molecule has 1 aliphatic heterocycles. The van der Waals surface area contributed by atoms with Gasteiger partial charge in [0.1, 0.15) is 30.3 Å². The number of likely N-dealkylation sites (N-methyl/N-ethyl adjacent to an activating group) is 2. The molecule has 7 atom stereocenters. The summed E-state index contributed by atoms with van der Waals surface area (Å²) in [6, 6.07) is 6.34. The van der Waals surface area contributed by atoms with Gasteiger partial charge in [0, 0.05) is 26.4 Å². The van der Waals surface area contributed by atoms with Crippen LogP contribution < -0.4 is 10.6 Å². The Kier molecular flexibility index (Phi) is 18.4. The Morgan fingerprint density at radius 1 is 0.962 bits per heavy atom. The number of nitrogens with zero attached hydrogens (tertiary/aromatic N) is 2. The minimum atomic E-state index is -1.05. The predicted octanol–water partition coefficient (Wildman–Crippen LogP) is 4.21. The fraction of sp³-hybridized carbons (Fsp3) is 0.634. The summed E-state index contributed by atoms with van der Waals surface area (Å²) in [6.45, 7) is 16.3. The third-order valence-corrected chi connectivity index (χ3v) is 9.61. The predicted molar refractivity (Wildman–Crippen MR) is 205 cm³/mol. The summed E-state index contributed by atoms with van der Waals surface area (Å²) in [5, 5.41) is 16.7. The molecule has 12 heteroatoms. The maximum atomic E-state index is 14.1. The van der Waals surface area contributed by atoms with Crippen LogP contribution in [0.5, 0.6) is 0 Å². The van der Waals surface area contributed by atoms with Crippen molar-refractivity contribution in [2.75, 3.05) is 27.2 Å². The highest BCUT2D eigenvalue weighted by molar-refractivity contribution is 5.94. The number of carbonyl (C=O) groups is 5. The Balaban J connectivity index is 2.58. The molecule has 53 heavy (non-hydrogen) atoms. The first-order valence-electron chi connectivity index (χ1n) is 18.8. The third kappa shape index (κ3) is 14.4. The van der Waals surface area contributed by atoms with Crippen LogP contribution in [-0.4, -0.2) is 108 Å². The van der Waals surface area contributed by atoms with Gasteiger partial charge >= 0.3 is 5.97 Å². The van der Waals surface area contributed by atoms with Gasteiger partial charge < -0.3 is 35.0 Å². The lowest BCUT2D eigenvalue weighted by Gasteiger charge is -2.33. The Morgan fingerprint density at radius 2 is 1.58 bits per heavy atom. The fourth-order valence-corrected chi connectivity index (χ4v) is 6.18. The third-order valence-electron chi connectivity index (χ3n) is 9.61. The number of carbonyl (C=O) groups excluding carboxylic acids is 5. The van der Waals surface area contributed by atoms with E-state index in [0.717, 1.165) is 16.7 Å². The van der Waals surface area contributed by atoms with E-state index < -0.39 is 66.0 Å². The molecule has 0 radical (unpaired) electrons. The van der Waals surface area contributed by atoms with Gasteiger partial charge in [-0.05, 0) is 69.9 Å². The van der Waals surface area contributed by atoms with Crippen molar-refractivity contribution in [1.29, 1.82) is 0 Å². The molecule has 4 amide bonds. The van der Waals surface area contributed by atoms with Crippen LogP contribution in [-0.2, 0) is 39.9 Å². The van der Waals surface area contributed by atoms with Gasteiger partial charge in [0.2, 0.25) is 17.7 Å². The molecule has 3 N–H and O–H groups in total. The molecule has 0 aromatic heterocycles. The Morgan fingerprint density at radius 3 is 2.17 bits per heavy atom. The van der Waals surface area contributed by atoms with E-state index in [4.69, 9.17) is 9.47 Å². The van der Waals surface area contributed by atoms with Crippen molar-refractivity contribution in [1.82, 2.24) is 20.4 Å². The minimum absolute atomic E-state index is 0.00738. The van der Waals surface area contributed by atoms with Gasteiger partial charge in [0.25, 0.3) is 5.91 Å². The van der Waals surface area contributed by atoms with Gasteiger partial charge in [-0.2, -0.15) is 0 Å². The molecule has 1 heterocycles. The average molecular weight is 741 g/mol.